The number of nitrogens with one attached hydrogen (secondary N) is 1. The van der Waals surface area contributed by atoms with Gasteiger partial charge in [-0.05, 0) is 33.2 Å². The molecule has 1 saturated heterocycles. The number of methoxy groups -OCH3 is 1. The lowest BCUT2D eigenvalue weighted by molar-refractivity contribution is -0.148. The van der Waals surface area contributed by atoms with E-state index in [1.807, 2.05) is 6.92 Å². The van der Waals surface area contributed by atoms with Gasteiger partial charge in [-0.1, -0.05) is 6.92 Å². The van der Waals surface area contributed by atoms with E-state index in [1.165, 1.54) is 7.11 Å². The van der Waals surface area contributed by atoms with Crippen LogP contribution in [0, 0.1) is 0 Å². The Morgan fingerprint density at radius 3 is 2.89 bits per heavy atom. The summed E-state index contributed by atoms with van der Waals surface area (Å²) in [6.07, 6.45) is 1.75. The molecule has 0 saturated carbocycles. The van der Waals surface area contributed by atoms with Crippen LogP contribution >= 0.6 is 0 Å². The van der Waals surface area contributed by atoms with Crippen LogP contribution in [-0.2, 0) is 14.3 Å². The van der Waals surface area contributed by atoms with E-state index < -0.39 is 5.54 Å². The van der Waals surface area contributed by atoms with E-state index in [9.17, 15) is 4.79 Å². The molecule has 0 aromatic heterocycles. The first-order valence-electron chi connectivity index (χ1n) is 7.18. The van der Waals surface area contributed by atoms with Crippen LogP contribution in [0.25, 0.3) is 0 Å². The van der Waals surface area contributed by atoms with Gasteiger partial charge in [-0.25, -0.2) is 0 Å². The SMILES string of the molecule is CCCNC(C)(CCN1CCOCC1C)C(=O)OC. The molecule has 1 heterocycles. The Balaban J connectivity index is 2.54. The lowest BCUT2D eigenvalue weighted by Gasteiger charge is -2.36. The van der Waals surface area contributed by atoms with Crippen LogP contribution in [0.1, 0.15) is 33.6 Å². The number of hydrogen-bond donors (Lipinski definition) is 1. The van der Waals surface area contributed by atoms with Gasteiger partial charge in [0, 0.05) is 19.1 Å². The van der Waals surface area contributed by atoms with E-state index in [0.29, 0.717) is 6.04 Å². The van der Waals surface area contributed by atoms with E-state index in [2.05, 4.69) is 24.1 Å². The number of ether oxygens (including phenoxy) is 2. The van der Waals surface area contributed by atoms with Gasteiger partial charge in [-0.2, -0.15) is 0 Å². The predicted molar refractivity (Wildman–Crippen MR) is 75.2 cm³/mol. The molecule has 5 heteroatoms. The first kappa shape index (κ1) is 16.4. The highest BCUT2D eigenvalue weighted by molar-refractivity contribution is 5.80. The topological polar surface area (TPSA) is 50.8 Å². The molecule has 19 heavy (non-hydrogen) atoms. The van der Waals surface area contributed by atoms with Crippen molar-refractivity contribution in [2.45, 2.75) is 45.2 Å². The maximum absolute atomic E-state index is 12.0. The van der Waals surface area contributed by atoms with Crippen molar-refractivity contribution >= 4 is 5.97 Å². The average molecular weight is 272 g/mol. The molecule has 2 atom stereocenters. The molecule has 0 spiro atoms. The van der Waals surface area contributed by atoms with Crippen LogP contribution < -0.4 is 5.32 Å². The van der Waals surface area contributed by atoms with Gasteiger partial charge in [-0.3, -0.25) is 9.69 Å². The van der Waals surface area contributed by atoms with E-state index in [-0.39, 0.29) is 5.97 Å². The Kier molecular flexibility index (Phi) is 6.75. The van der Waals surface area contributed by atoms with Gasteiger partial charge in [0.05, 0.1) is 20.3 Å². The molecule has 0 aromatic rings. The second-order valence-electron chi connectivity index (χ2n) is 5.46. The molecule has 0 aliphatic carbocycles. The summed E-state index contributed by atoms with van der Waals surface area (Å²) in [6, 6.07) is 0.418. The molecule has 112 valence electrons. The lowest BCUT2D eigenvalue weighted by Crippen LogP contribution is -2.54. The summed E-state index contributed by atoms with van der Waals surface area (Å²) in [5, 5.41) is 3.32. The van der Waals surface area contributed by atoms with Crippen molar-refractivity contribution in [2.75, 3.05) is 40.0 Å². The predicted octanol–water partition coefficient (Wildman–Crippen LogP) is 1.03. The molecule has 1 rings (SSSR count). The van der Waals surface area contributed by atoms with Crippen molar-refractivity contribution in [1.82, 2.24) is 10.2 Å². The molecule has 2 unspecified atom stereocenters. The van der Waals surface area contributed by atoms with Crippen LogP contribution in [0.4, 0.5) is 0 Å². The summed E-state index contributed by atoms with van der Waals surface area (Å²) in [7, 11) is 1.45. The molecule has 1 aliphatic heterocycles. The Bertz CT molecular complexity index is 286. The monoisotopic (exact) mass is 272 g/mol. The molecule has 0 aromatic carbocycles. The summed E-state index contributed by atoms with van der Waals surface area (Å²) in [5.74, 6) is -0.179. The van der Waals surface area contributed by atoms with Gasteiger partial charge in [0.1, 0.15) is 5.54 Å². The van der Waals surface area contributed by atoms with Crippen molar-refractivity contribution in [1.29, 1.82) is 0 Å². The zero-order valence-corrected chi connectivity index (χ0v) is 12.7. The number of nitrogens with zero attached hydrogens (tertiary/aromatic N) is 1. The third-order valence-electron chi connectivity index (χ3n) is 3.81. The summed E-state index contributed by atoms with van der Waals surface area (Å²) in [6.45, 7) is 10.4. The van der Waals surface area contributed by atoms with Crippen LogP contribution in [0.2, 0.25) is 0 Å². The van der Waals surface area contributed by atoms with Crippen molar-refractivity contribution < 1.29 is 14.3 Å². The Morgan fingerprint density at radius 2 is 2.32 bits per heavy atom. The van der Waals surface area contributed by atoms with Gasteiger partial charge < -0.3 is 14.8 Å². The molecule has 1 aliphatic rings. The van der Waals surface area contributed by atoms with E-state index >= 15 is 0 Å². The fraction of sp³-hybridized carbons (Fsp3) is 0.929. The number of rotatable bonds is 7. The van der Waals surface area contributed by atoms with Crippen molar-refractivity contribution in [2.24, 2.45) is 0 Å². The fourth-order valence-corrected chi connectivity index (χ4v) is 2.35. The molecule has 0 bridgehead atoms. The third-order valence-corrected chi connectivity index (χ3v) is 3.81. The average Bonchev–Trinajstić information content (AvgIpc) is 2.43. The first-order chi connectivity index (χ1) is 9.03. The van der Waals surface area contributed by atoms with Crippen LogP contribution in [0.5, 0.6) is 0 Å². The molecule has 0 radical (unpaired) electrons. The van der Waals surface area contributed by atoms with Gasteiger partial charge in [-0.15, -0.1) is 0 Å². The third kappa shape index (κ3) is 4.75. The number of esters is 1. The normalized spacial score (nSPS) is 23.9. The van der Waals surface area contributed by atoms with Crippen LogP contribution in [0.15, 0.2) is 0 Å². The van der Waals surface area contributed by atoms with Crippen molar-refractivity contribution in [3.63, 3.8) is 0 Å². The molecule has 5 nitrogen and oxygen atoms in total. The lowest BCUT2D eigenvalue weighted by atomic mass is 9.96. The second kappa shape index (κ2) is 7.82. The Morgan fingerprint density at radius 1 is 1.58 bits per heavy atom. The number of hydrogen-bond acceptors (Lipinski definition) is 5. The summed E-state index contributed by atoms with van der Waals surface area (Å²) >= 11 is 0. The van der Waals surface area contributed by atoms with Crippen LogP contribution in [-0.4, -0.2) is 62.4 Å². The molecular weight excluding hydrogens is 244 g/mol. The molecule has 0 amide bonds. The maximum Gasteiger partial charge on any atom is 0.325 e. The van der Waals surface area contributed by atoms with Crippen LogP contribution in [0.3, 0.4) is 0 Å². The highest BCUT2D eigenvalue weighted by Crippen LogP contribution is 2.15. The molecule has 1 fully saturated rings. The highest BCUT2D eigenvalue weighted by atomic mass is 16.5. The minimum absolute atomic E-state index is 0.179. The van der Waals surface area contributed by atoms with Crippen molar-refractivity contribution in [3.05, 3.63) is 0 Å². The first-order valence-corrected chi connectivity index (χ1v) is 7.18. The maximum atomic E-state index is 12.0. The number of carbonyl (C=O) groups is 1. The van der Waals surface area contributed by atoms with E-state index in [4.69, 9.17) is 9.47 Å². The minimum Gasteiger partial charge on any atom is -0.468 e. The van der Waals surface area contributed by atoms with E-state index in [1.54, 1.807) is 0 Å². The number of morpholine rings is 1. The second-order valence-corrected chi connectivity index (χ2v) is 5.46. The zero-order chi connectivity index (χ0) is 14.3. The fourth-order valence-electron chi connectivity index (χ4n) is 2.35. The standard InChI is InChI=1S/C14H28N2O3/c1-5-7-15-14(3,13(17)18-4)6-8-16-9-10-19-11-12(16)2/h12,15H,5-11H2,1-4H3. The van der Waals surface area contributed by atoms with Crippen molar-refractivity contribution in [3.8, 4) is 0 Å². The number of carbonyl (C=O) groups excluding carboxylic acids is 1. The molecular formula is C14H28N2O3. The van der Waals surface area contributed by atoms with Gasteiger partial charge >= 0.3 is 5.97 Å². The molecule has 1 N–H and O–H groups in total. The quantitative estimate of drug-likeness (QED) is 0.702. The van der Waals surface area contributed by atoms with Gasteiger partial charge in [0.15, 0.2) is 0 Å². The van der Waals surface area contributed by atoms with E-state index in [0.717, 1.165) is 45.7 Å². The zero-order valence-electron chi connectivity index (χ0n) is 12.7. The Hall–Kier alpha value is -0.650. The minimum atomic E-state index is -0.594. The smallest absolute Gasteiger partial charge is 0.325 e. The Labute approximate surface area is 116 Å². The summed E-state index contributed by atoms with van der Waals surface area (Å²) in [5.41, 5.74) is -0.594. The van der Waals surface area contributed by atoms with Gasteiger partial charge in [0.2, 0.25) is 0 Å². The van der Waals surface area contributed by atoms with Gasteiger partial charge in [0.25, 0.3) is 0 Å². The summed E-state index contributed by atoms with van der Waals surface area (Å²) < 4.78 is 10.4. The summed E-state index contributed by atoms with van der Waals surface area (Å²) in [4.78, 5) is 14.3. The highest BCUT2D eigenvalue weighted by Gasteiger charge is 2.34. The largest absolute Gasteiger partial charge is 0.468 e.